The minimum absolute atomic E-state index is 0.0808. The topological polar surface area (TPSA) is 128 Å². The van der Waals surface area contributed by atoms with E-state index < -0.39 is 5.92 Å². The number of fused-ring (bicyclic) bond motifs is 3. The van der Waals surface area contributed by atoms with Gasteiger partial charge < -0.3 is 25.4 Å². The van der Waals surface area contributed by atoms with Crippen LogP contribution in [0.3, 0.4) is 0 Å². The SMILES string of the molecule is CNC(=O)CNC(=O)C1CN(C(=O)Cc2c[nH]c3cc(Cl)ccc23)CC2CN(C(=O)c3ccc4cccnc4c3)CC21. The molecule has 11 heteroatoms. The Morgan fingerprint density at radius 2 is 1.86 bits per heavy atom. The van der Waals surface area contributed by atoms with Crippen LogP contribution >= 0.6 is 11.6 Å². The lowest BCUT2D eigenvalue weighted by Crippen LogP contribution is -2.54. The van der Waals surface area contributed by atoms with E-state index in [1.165, 1.54) is 7.05 Å². The maximum absolute atomic E-state index is 13.6. The molecule has 3 atom stereocenters. The molecule has 4 heterocycles. The summed E-state index contributed by atoms with van der Waals surface area (Å²) in [4.78, 5) is 63.5. The van der Waals surface area contributed by atoms with E-state index in [1.54, 1.807) is 34.2 Å². The van der Waals surface area contributed by atoms with Gasteiger partial charge in [0.2, 0.25) is 17.7 Å². The number of amides is 4. The van der Waals surface area contributed by atoms with Gasteiger partial charge in [-0.1, -0.05) is 29.8 Å². The maximum Gasteiger partial charge on any atom is 0.253 e. The van der Waals surface area contributed by atoms with E-state index >= 15 is 0 Å². The average molecular weight is 587 g/mol. The Bertz CT molecular complexity index is 1700. The van der Waals surface area contributed by atoms with E-state index in [0.717, 1.165) is 27.4 Å². The summed E-state index contributed by atoms with van der Waals surface area (Å²) in [5.41, 5.74) is 2.97. The molecule has 42 heavy (non-hydrogen) atoms. The molecule has 0 bridgehead atoms. The third kappa shape index (κ3) is 5.42. The number of carbonyl (C=O) groups excluding carboxylic acids is 4. The van der Waals surface area contributed by atoms with E-state index in [4.69, 9.17) is 11.6 Å². The molecule has 3 unspecified atom stereocenters. The zero-order valence-corrected chi connectivity index (χ0v) is 23.9. The highest BCUT2D eigenvalue weighted by atomic mass is 35.5. The Kier molecular flexibility index (Phi) is 7.55. The number of carbonyl (C=O) groups is 4. The molecule has 3 N–H and O–H groups in total. The number of nitrogens with one attached hydrogen (secondary N) is 3. The van der Waals surface area contributed by atoms with Gasteiger partial charge in [-0.3, -0.25) is 24.2 Å². The minimum atomic E-state index is -0.560. The van der Waals surface area contributed by atoms with E-state index in [0.29, 0.717) is 30.2 Å². The summed E-state index contributed by atoms with van der Waals surface area (Å²) < 4.78 is 0. The molecule has 4 amide bonds. The van der Waals surface area contributed by atoms with Crippen molar-refractivity contribution in [3.63, 3.8) is 0 Å². The molecule has 216 valence electrons. The lowest BCUT2D eigenvalue weighted by Gasteiger charge is -2.39. The number of pyridine rings is 1. The Morgan fingerprint density at radius 3 is 2.69 bits per heavy atom. The predicted octanol–water partition coefficient (Wildman–Crippen LogP) is 2.62. The zero-order valence-electron chi connectivity index (χ0n) is 23.1. The van der Waals surface area contributed by atoms with Crippen LogP contribution in [-0.4, -0.2) is 83.2 Å². The molecule has 2 aliphatic rings. The first-order valence-electron chi connectivity index (χ1n) is 14.0. The van der Waals surface area contributed by atoms with E-state index in [1.807, 2.05) is 36.5 Å². The molecule has 6 rings (SSSR count). The van der Waals surface area contributed by atoms with Crippen LogP contribution in [-0.2, 0) is 20.8 Å². The van der Waals surface area contributed by atoms with Gasteiger partial charge in [-0.25, -0.2) is 0 Å². The quantitative estimate of drug-likeness (QED) is 0.320. The predicted molar refractivity (Wildman–Crippen MR) is 159 cm³/mol. The van der Waals surface area contributed by atoms with Crippen LogP contribution in [0, 0.1) is 17.8 Å². The summed E-state index contributed by atoms with van der Waals surface area (Å²) in [6.45, 7) is 1.34. The number of rotatable bonds is 6. The standard InChI is InChI=1S/C31H31ClN6O4/c1-33-28(39)13-36-30(41)25-17-37(29(40)10-20-12-35-27-11-22(32)6-7-23(20)27)14-21-15-38(16-24(21)25)31(42)19-5-4-18-3-2-8-34-26(18)9-19/h2-9,11-12,21,24-25,35H,10,13-17H2,1H3,(H,33,39)(H,36,41). The summed E-state index contributed by atoms with van der Waals surface area (Å²) in [5.74, 6) is -1.61. The van der Waals surface area contributed by atoms with Crippen LogP contribution in [0.5, 0.6) is 0 Å². The van der Waals surface area contributed by atoms with Gasteiger partial charge in [0.1, 0.15) is 0 Å². The van der Waals surface area contributed by atoms with Crippen LogP contribution in [0.1, 0.15) is 15.9 Å². The van der Waals surface area contributed by atoms with Gasteiger partial charge in [-0.05, 0) is 47.7 Å². The van der Waals surface area contributed by atoms with Crippen LogP contribution in [0.15, 0.2) is 60.9 Å². The molecule has 2 fully saturated rings. The number of hydrogen-bond acceptors (Lipinski definition) is 5. The number of benzene rings is 2. The van der Waals surface area contributed by atoms with Crippen molar-refractivity contribution in [2.24, 2.45) is 17.8 Å². The minimum Gasteiger partial charge on any atom is -0.361 e. The first kappa shape index (κ1) is 27.7. The highest BCUT2D eigenvalue weighted by Gasteiger charge is 2.47. The average Bonchev–Trinajstić information content (AvgIpc) is 3.62. The van der Waals surface area contributed by atoms with Crippen molar-refractivity contribution >= 4 is 57.0 Å². The lowest BCUT2D eigenvalue weighted by atomic mass is 9.79. The number of H-pyrrole nitrogens is 1. The van der Waals surface area contributed by atoms with Crippen molar-refractivity contribution < 1.29 is 19.2 Å². The molecule has 10 nitrogen and oxygen atoms in total. The van der Waals surface area contributed by atoms with Gasteiger partial charge >= 0.3 is 0 Å². The fourth-order valence-electron chi connectivity index (χ4n) is 6.27. The van der Waals surface area contributed by atoms with Crippen molar-refractivity contribution in [2.45, 2.75) is 6.42 Å². The van der Waals surface area contributed by atoms with E-state index in [2.05, 4.69) is 20.6 Å². The second-order valence-electron chi connectivity index (χ2n) is 11.0. The highest BCUT2D eigenvalue weighted by molar-refractivity contribution is 6.31. The second kappa shape index (κ2) is 11.4. The molecular weight excluding hydrogens is 556 g/mol. The largest absolute Gasteiger partial charge is 0.361 e. The Labute approximate surface area is 247 Å². The van der Waals surface area contributed by atoms with Crippen molar-refractivity contribution in [3.05, 3.63) is 77.1 Å². The monoisotopic (exact) mass is 586 g/mol. The lowest BCUT2D eigenvalue weighted by molar-refractivity contribution is -0.139. The van der Waals surface area contributed by atoms with Gasteiger partial charge in [0.25, 0.3) is 5.91 Å². The van der Waals surface area contributed by atoms with Crippen molar-refractivity contribution in [1.82, 2.24) is 30.4 Å². The van der Waals surface area contributed by atoms with Gasteiger partial charge in [-0.15, -0.1) is 0 Å². The van der Waals surface area contributed by atoms with Crippen LogP contribution in [0.4, 0.5) is 0 Å². The molecule has 2 aliphatic heterocycles. The van der Waals surface area contributed by atoms with Crippen molar-refractivity contribution in [3.8, 4) is 0 Å². The molecule has 2 saturated heterocycles. The normalized spacial score (nSPS) is 20.0. The Balaban J connectivity index is 1.22. The van der Waals surface area contributed by atoms with Crippen LogP contribution in [0.25, 0.3) is 21.8 Å². The smallest absolute Gasteiger partial charge is 0.253 e. The molecule has 0 aliphatic carbocycles. The van der Waals surface area contributed by atoms with Crippen LogP contribution in [0.2, 0.25) is 5.02 Å². The van der Waals surface area contributed by atoms with Gasteiger partial charge in [0, 0.05) is 72.5 Å². The summed E-state index contributed by atoms with van der Waals surface area (Å²) in [6, 6.07) is 14.8. The van der Waals surface area contributed by atoms with E-state index in [-0.39, 0.29) is 55.0 Å². The molecule has 4 aromatic rings. The number of aromatic amines is 1. The number of halogens is 1. The van der Waals surface area contributed by atoms with Gasteiger partial charge in [-0.2, -0.15) is 0 Å². The maximum atomic E-state index is 13.6. The molecule has 0 spiro atoms. The number of nitrogens with zero attached hydrogens (tertiary/aromatic N) is 3. The van der Waals surface area contributed by atoms with Crippen molar-refractivity contribution in [1.29, 1.82) is 0 Å². The third-order valence-corrected chi connectivity index (χ3v) is 8.72. The second-order valence-corrected chi connectivity index (χ2v) is 11.5. The third-order valence-electron chi connectivity index (χ3n) is 8.48. The van der Waals surface area contributed by atoms with Crippen LogP contribution < -0.4 is 10.6 Å². The van der Waals surface area contributed by atoms with Crippen molar-refractivity contribution in [2.75, 3.05) is 39.8 Å². The summed E-state index contributed by atoms with van der Waals surface area (Å²) >= 11 is 6.12. The fraction of sp³-hybridized carbons (Fsp3) is 0.323. The van der Waals surface area contributed by atoms with E-state index in [9.17, 15) is 19.2 Å². The highest BCUT2D eigenvalue weighted by Crippen LogP contribution is 2.37. The first-order valence-corrected chi connectivity index (χ1v) is 14.3. The number of likely N-dealkylation sites (tertiary alicyclic amines) is 2. The molecule has 2 aromatic carbocycles. The number of likely N-dealkylation sites (N-methyl/N-ethyl adjacent to an activating group) is 1. The Morgan fingerprint density at radius 1 is 1.02 bits per heavy atom. The van der Waals surface area contributed by atoms with Gasteiger partial charge in [0.05, 0.1) is 24.4 Å². The number of piperidine rings is 1. The number of hydrogen-bond donors (Lipinski definition) is 3. The molecule has 0 radical (unpaired) electrons. The zero-order chi connectivity index (χ0) is 29.4. The fourth-order valence-corrected chi connectivity index (χ4v) is 6.44. The summed E-state index contributed by atoms with van der Waals surface area (Å²) in [5, 5.41) is 7.71. The number of aromatic nitrogens is 2. The first-order chi connectivity index (χ1) is 20.3. The summed E-state index contributed by atoms with van der Waals surface area (Å²) in [6.07, 6.45) is 3.67. The molecule has 0 saturated carbocycles. The molecule has 2 aromatic heterocycles. The Hall–Kier alpha value is -4.44. The summed E-state index contributed by atoms with van der Waals surface area (Å²) in [7, 11) is 1.51. The van der Waals surface area contributed by atoms with Gasteiger partial charge in [0.15, 0.2) is 0 Å². The molecular formula is C31H31ClN6O4.